The number of rotatable bonds is 7. The second-order valence-corrected chi connectivity index (χ2v) is 13.7. The van der Waals surface area contributed by atoms with Gasteiger partial charge in [0.25, 0.3) is 0 Å². The molecule has 3 heterocycles. The number of piperidine rings is 1. The Morgan fingerprint density at radius 3 is 2.49 bits per heavy atom. The SMILES string of the molecule is Cc1cc(N2CCN(CCCOC(C)(C)C)CC2)ncc1S(=O)(=O)N1CC(O)CC2(CCCC2)C1. The number of nitrogens with zero attached hydrogens (tertiary/aromatic N) is 4. The molecule has 2 saturated heterocycles. The van der Waals surface area contributed by atoms with Crippen molar-refractivity contribution in [3.05, 3.63) is 17.8 Å². The van der Waals surface area contributed by atoms with Crippen molar-refractivity contribution in [2.45, 2.75) is 82.8 Å². The summed E-state index contributed by atoms with van der Waals surface area (Å²) in [6, 6.07) is 1.91. The summed E-state index contributed by atoms with van der Waals surface area (Å²) < 4.78 is 34.4. The number of piperazine rings is 1. The van der Waals surface area contributed by atoms with Crippen LogP contribution in [0.1, 0.15) is 64.9 Å². The van der Waals surface area contributed by atoms with Crippen LogP contribution in [0, 0.1) is 12.3 Å². The third-order valence-corrected chi connectivity index (χ3v) is 9.72. The van der Waals surface area contributed by atoms with E-state index in [0.717, 1.165) is 82.8 Å². The molecule has 1 aliphatic carbocycles. The molecular formula is C26H44N4O4S. The van der Waals surface area contributed by atoms with Gasteiger partial charge in [0.05, 0.1) is 11.7 Å². The lowest BCUT2D eigenvalue weighted by atomic mass is 9.78. The Morgan fingerprint density at radius 2 is 1.86 bits per heavy atom. The van der Waals surface area contributed by atoms with E-state index >= 15 is 0 Å². The molecule has 35 heavy (non-hydrogen) atoms. The van der Waals surface area contributed by atoms with Crippen LogP contribution in [0.15, 0.2) is 17.2 Å². The maximum atomic E-state index is 13.6. The van der Waals surface area contributed by atoms with E-state index in [4.69, 9.17) is 4.74 Å². The van der Waals surface area contributed by atoms with Gasteiger partial charge in [-0.05, 0) is 70.4 Å². The highest BCUT2D eigenvalue weighted by molar-refractivity contribution is 7.89. The quantitative estimate of drug-likeness (QED) is 0.567. The fourth-order valence-corrected chi connectivity index (χ4v) is 7.69. The Hall–Kier alpha value is -1.26. The smallest absolute Gasteiger partial charge is 0.244 e. The zero-order valence-electron chi connectivity index (χ0n) is 22.0. The monoisotopic (exact) mass is 508 g/mol. The first-order valence-corrected chi connectivity index (χ1v) is 14.7. The zero-order valence-corrected chi connectivity index (χ0v) is 22.8. The molecule has 1 aromatic heterocycles. The fraction of sp³-hybridized carbons (Fsp3) is 0.808. The van der Waals surface area contributed by atoms with Crippen LogP contribution in [-0.2, 0) is 14.8 Å². The van der Waals surface area contributed by atoms with Crippen molar-refractivity contribution in [2.75, 3.05) is 57.3 Å². The van der Waals surface area contributed by atoms with Crippen LogP contribution in [-0.4, -0.2) is 91.8 Å². The number of pyridine rings is 1. The third-order valence-electron chi connectivity index (χ3n) is 7.78. The van der Waals surface area contributed by atoms with Gasteiger partial charge in [0.2, 0.25) is 10.0 Å². The highest BCUT2D eigenvalue weighted by Crippen LogP contribution is 2.46. The highest BCUT2D eigenvalue weighted by Gasteiger charge is 2.45. The van der Waals surface area contributed by atoms with Crippen molar-refractivity contribution in [2.24, 2.45) is 5.41 Å². The Balaban J connectivity index is 1.36. The molecule has 1 N–H and O–H groups in total. The van der Waals surface area contributed by atoms with Crippen LogP contribution in [0.5, 0.6) is 0 Å². The van der Waals surface area contributed by atoms with Crippen molar-refractivity contribution in [1.82, 2.24) is 14.2 Å². The summed E-state index contributed by atoms with van der Waals surface area (Å²) in [7, 11) is -3.70. The van der Waals surface area contributed by atoms with Crippen LogP contribution in [0.3, 0.4) is 0 Å². The summed E-state index contributed by atoms with van der Waals surface area (Å²) in [6.45, 7) is 14.3. The molecule has 198 valence electrons. The van der Waals surface area contributed by atoms with E-state index in [1.54, 1.807) is 0 Å². The highest BCUT2D eigenvalue weighted by atomic mass is 32.2. The van der Waals surface area contributed by atoms with Crippen LogP contribution >= 0.6 is 0 Å². The first kappa shape index (κ1) is 26.8. The number of aryl methyl sites for hydroxylation is 1. The number of aliphatic hydroxyl groups is 1. The van der Waals surface area contributed by atoms with Crippen LogP contribution < -0.4 is 4.90 Å². The van der Waals surface area contributed by atoms with E-state index in [1.165, 1.54) is 10.5 Å². The Kier molecular flexibility index (Phi) is 8.13. The van der Waals surface area contributed by atoms with Gasteiger partial charge in [-0.25, -0.2) is 13.4 Å². The molecule has 0 aromatic carbocycles. The van der Waals surface area contributed by atoms with Crippen LogP contribution in [0.2, 0.25) is 0 Å². The number of β-amino-alcohol motifs (C(OH)–C–C–N with tert-alkyl or cyclic N) is 1. The number of hydrogen-bond donors (Lipinski definition) is 1. The molecule has 9 heteroatoms. The van der Waals surface area contributed by atoms with E-state index < -0.39 is 16.1 Å². The largest absolute Gasteiger partial charge is 0.392 e. The van der Waals surface area contributed by atoms with E-state index in [9.17, 15) is 13.5 Å². The number of anilines is 1. The first-order chi connectivity index (χ1) is 16.5. The maximum absolute atomic E-state index is 13.6. The third kappa shape index (κ3) is 6.55. The van der Waals surface area contributed by atoms with Gasteiger partial charge >= 0.3 is 0 Å². The van der Waals surface area contributed by atoms with Gasteiger partial charge in [-0.3, -0.25) is 4.90 Å². The van der Waals surface area contributed by atoms with Crippen molar-refractivity contribution in [3.63, 3.8) is 0 Å². The van der Waals surface area contributed by atoms with E-state index in [0.29, 0.717) is 13.0 Å². The van der Waals surface area contributed by atoms with Gasteiger partial charge in [-0.15, -0.1) is 0 Å². The maximum Gasteiger partial charge on any atom is 0.244 e. The van der Waals surface area contributed by atoms with Gasteiger partial charge in [0.1, 0.15) is 10.7 Å². The molecule has 2 aliphatic heterocycles. The summed E-state index contributed by atoms with van der Waals surface area (Å²) in [5, 5.41) is 10.5. The molecule has 1 atom stereocenters. The van der Waals surface area contributed by atoms with Gasteiger partial charge in [0.15, 0.2) is 0 Å². The zero-order chi connectivity index (χ0) is 25.3. The second-order valence-electron chi connectivity index (χ2n) is 11.8. The van der Waals surface area contributed by atoms with Gasteiger partial charge in [-0.2, -0.15) is 4.31 Å². The van der Waals surface area contributed by atoms with Crippen molar-refractivity contribution >= 4 is 15.8 Å². The molecule has 0 radical (unpaired) electrons. The van der Waals surface area contributed by atoms with Crippen molar-refractivity contribution < 1.29 is 18.3 Å². The number of aliphatic hydroxyl groups excluding tert-OH is 1. The molecular weight excluding hydrogens is 464 g/mol. The lowest BCUT2D eigenvalue weighted by Gasteiger charge is -2.42. The van der Waals surface area contributed by atoms with Gasteiger partial charge in [0, 0.05) is 58.6 Å². The summed E-state index contributed by atoms with van der Waals surface area (Å²) in [6.07, 6.45) is 6.91. The summed E-state index contributed by atoms with van der Waals surface area (Å²) >= 11 is 0. The summed E-state index contributed by atoms with van der Waals surface area (Å²) in [4.78, 5) is 9.54. The predicted molar refractivity (Wildman–Crippen MR) is 138 cm³/mol. The molecule has 3 fully saturated rings. The van der Waals surface area contributed by atoms with E-state index in [2.05, 4.69) is 35.6 Å². The molecule has 0 bridgehead atoms. The molecule has 1 saturated carbocycles. The molecule has 1 aromatic rings. The van der Waals surface area contributed by atoms with Crippen molar-refractivity contribution in [1.29, 1.82) is 0 Å². The number of aromatic nitrogens is 1. The number of ether oxygens (including phenoxy) is 1. The predicted octanol–water partition coefficient (Wildman–Crippen LogP) is 3.03. The standard InChI is InChI=1S/C26H44N4O4S/c1-21-16-24(29-13-11-28(12-14-29)10-7-15-34-25(2,3)4)27-18-23(21)35(32,33)30-19-22(31)17-26(20-30)8-5-6-9-26/h16,18,22,31H,5-15,17,19-20H2,1-4H3. The average Bonchev–Trinajstić information content (AvgIpc) is 3.22. The Morgan fingerprint density at radius 1 is 1.17 bits per heavy atom. The topological polar surface area (TPSA) is 86.2 Å². The Labute approximate surface area is 211 Å². The molecule has 4 rings (SSSR count). The van der Waals surface area contributed by atoms with Gasteiger partial charge in [-0.1, -0.05) is 12.8 Å². The molecule has 0 amide bonds. The lowest BCUT2D eigenvalue weighted by molar-refractivity contribution is -0.00704. The molecule has 1 unspecified atom stereocenters. The summed E-state index contributed by atoms with van der Waals surface area (Å²) in [5.41, 5.74) is 0.565. The average molecular weight is 509 g/mol. The molecule has 8 nitrogen and oxygen atoms in total. The first-order valence-electron chi connectivity index (χ1n) is 13.2. The normalized spacial score (nSPS) is 24.4. The van der Waals surface area contributed by atoms with E-state index in [-0.39, 0.29) is 22.5 Å². The number of hydrogen-bond acceptors (Lipinski definition) is 7. The lowest BCUT2D eigenvalue weighted by Crippen LogP contribution is -2.50. The summed E-state index contributed by atoms with van der Waals surface area (Å²) in [5.74, 6) is 0.836. The van der Waals surface area contributed by atoms with Crippen LogP contribution in [0.4, 0.5) is 5.82 Å². The molecule has 3 aliphatic rings. The fourth-order valence-electron chi connectivity index (χ4n) is 5.95. The number of sulfonamides is 1. The Bertz CT molecular complexity index is 964. The second kappa shape index (κ2) is 10.6. The minimum Gasteiger partial charge on any atom is -0.392 e. The van der Waals surface area contributed by atoms with E-state index in [1.807, 2.05) is 13.0 Å². The molecule has 1 spiro atoms. The van der Waals surface area contributed by atoms with Gasteiger partial charge < -0.3 is 14.7 Å². The minimum absolute atomic E-state index is 0.0649. The van der Waals surface area contributed by atoms with Crippen molar-refractivity contribution in [3.8, 4) is 0 Å². The van der Waals surface area contributed by atoms with Crippen LogP contribution in [0.25, 0.3) is 0 Å². The minimum atomic E-state index is -3.70.